The van der Waals surface area contributed by atoms with E-state index in [4.69, 9.17) is 0 Å². The van der Waals surface area contributed by atoms with Crippen LogP contribution in [-0.2, 0) is 11.2 Å². The summed E-state index contributed by atoms with van der Waals surface area (Å²) >= 11 is 0. The van der Waals surface area contributed by atoms with Crippen LogP contribution in [0.15, 0.2) is 24.4 Å². The standard InChI is InChI=1S/C25H34N4O2/c1-2-23(30)26-11-9-20-15-29-21(4-3-5-22(29)28-20)24(31)27-16-25-10-8-18-7-6-17(13-25)12-19(18)14-25/h3-5,15,17-19H,2,6-14,16H2,1H3,(H,26,30)(H,27,31). The SMILES string of the molecule is CCC(=O)NCCc1cn2c(C(=O)NCC34CCC5CCC(CC5C3)C4)cccc2n1. The predicted molar refractivity (Wildman–Crippen MR) is 120 cm³/mol. The van der Waals surface area contributed by atoms with Gasteiger partial charge in [-0.3, -0.25) is 14.0 Å². The van der Waals surface area contributed by atoms with Crippen LogP contribution in [0.25, 0.3) is 5.65 Å². The van der Waals surface area contributed by atoms with Gasteiger partial charge in [-0.2, -0.15) is 0 Å². The van der Waals surface area contributed by atoms with Gasteiger partial charge in [0.05, 0.1) is 5.69 Å². The minimum absolute atomic E-state index is 0.0129. The monoisotopic (exact) mass is 422 g/mol. The van der Waals surface area contributed by atoms with Crippen molar-refractivity contribution in [3.63, 3.8) is 0 Å². The number of amides is 2. The number of hydrogen-bond acceptors (Lipinski definition) is 3. The molecule has 2 aromatic rings. The van der Waals surface area contributed by atoms with E-state index in [9.17, 15) is 9.59 Å². The van der Waals surface area contributed by atoms with Crippen molar-refractivity contribution in [1.82, 2.24) is 20.0 Å². The Morgan fingerprint density at radius 1 is 1.16 bits per heavy atom. The van der Waals surface area contributed by atoms with Gasteiger partial charge in [-0.15, -0.1) is 0 Å². The normalized spacial score (nSPS) is 29.1. The molecule has 0 aromatic carbocycles. The Bertz CT molecular complexity index is 979. The van der Waals surface area contributed by atoms with E-state index in [1.807, 2.05) is 35.7 Å². The molecule has 166 valence electrons. The topological polar surface area (TPSA) is 75.5 Å². The summed E-state index contributed by atoms with van der Waals surface area (Å²) in [6, 6.07) is 5.69. The van der Waals surface area contributed by atoms with Crippen molar-refractivity contribution in [2.24, 2.45) is 23.2 Å². The number of aromatic nitrogens is 2. The molecule has 3 bridgehead atoms. The molecule has 0 aliphatic heterocycles. The number of hydrogen-bond donors (Lipinski definition) is 2. The Kier molecular flexibility index (Phi) is 5.49. The third-order valence-electron chi connectivity index (χ3n) is 8.13. The Morgan fingerprint density at radius 3 is 2.94 bits per heavy atom. The number of nitrogens with one attached hydrogen (secondary N) is 2. The first-order chi connectivity index (χ1) is 15.0. The molecule has 0 radical (unpaired) electrons. The van der Waals surface area contributed by atoms with Crippen molar-refractivity contribution >= 4 is 17.5 Å². The summed E-state index contributed by atoms with van der Waals surface area (Å²) in [5.41, 5.74) is 2.60. The fraction of sp³-hybridized carbons (Fsp3) is 0.640. The van der Waals surface area contributed by atoms with Crippen molar-refractivity contribution in [2.45, 2.75) is 64.7 Å². The molecule has 5 rings (SSSR count). The zero-order chi connectivity index (χ0) is 21.4. The Hall–Kier alpha value is -2.37. The van der Waals surface area contributed by atoms with Crippen molar-refractivity contribution in [3.05, 3.63) is 35.8 Å². The van der Waals surface area contributed by atoms with Crippen LogP contribution in [0.4, 0.5) is 0 Å². The Balaban J connectivity index is 1.26. The van der Waals surface area contributed by atoms with E-state index in [1.165, 1.54) is 44.9 Å². The molecular formula is C25H34N4O2. The van der Waals surface area contributed by atoms with Gasteiger partial charge in [-0.05, 0) is 73.8 Å². The minimum atomic E-state index is -0.0129. The largest absolute Gasteiger partial charge is 0.356 e. The highest BCUT2D eigenvalue weighted by Gasteiger charge is 2.48. The van der Waals surface area contributed by atoms with Gasteiger partial charge >= 0.3 is 0 Å². The average Bonchev–Trinajstić information content (AvgIpc) is 3.19. The second-order valence-electron chi connectivity index (χ2n) is 10.2. The Labute approximate surface area is 184 Å². The summed E-state index contributed by atoms with van der Waals surface area (Å²) in [7, 11) is 0. The number of carbonyl (C=O) groups is 2. The van der Waals surface area contributed by atoms with E-state index in [-0.39, 0.29) is 11.8 Å². The molecule has 3 aliphatic carbocycles. The summed E-state index contributed by atoms with van der Waals surface area (Å²) in [5, 5.41) is 6.18. The maximum absolute atomic E-state index is 13.2. The van der Waals surface area contributed by atoms with Gasteiger partial charge in [-0.25, -0.2) is 4.98 Å². The fourth-order valence-corrected chi connectivity index (χ4v) is 6.60. The molecule has 3 fully saturated rings. The maximum atomic E-state index is 13.2. The lowest BCUT2D eigenvalue weighted by Crippen LogP contribution is -2.49. The second kappa shape index (κ2) is 8.29. The molecule has 0 saturated heterocycles. The first-order valence-corrected chi connectivity index (χ1v) is 12.1. The smallest absolute Gasteiger partial charge is 0.268 e. The van der Waals surface area contributed by atoms with Gasteiger partial charge < -0.3 is 10.6 Å². The molecule has 2 aromatic heterocycles. The van der Waals surface area contributed by atoms with Crippen molar-refractivity contribution in [2.75, 3.05) is 13.1 Å². The van der Waals surface area contributed by atoms with Crippen LogP contribution in [0, 0.1) is 23.2 Å². The molecule has 6 nitrogen and oxygen atoms in total. The average molecular weight is 423 g/mol. The van der Waals surface area contributed by atoms with E-state index in [0.717, 1.165) is 35.6 Å². The van der Waals surface area contributed by atoms with Crippen molar-refractivity contribution in [3.8, 4) is 0 Å². The lowest BCUT2D eigenvalue weighted by Gasteiger charge is -2.55. The molecular weight excluding hydrogens is 388 g/mol. The molecule has 2 amide bonds. The summed E-state index contributed by atoms with van der Waals surface area (Å²) < 4.78 is 1.89. The number of pyridine rings is 1. The number of imidazole rings is 1. The molecule has 0 spiro atoms. The quantitative estimate of drug-likeness (QED) is 0.714. The van der Waals surface area contributed by atoms with E-state index in [1.54, 1.807) is 0 Å². The van der Waals surface area contributed by atoms with Gasteiger partial charge in [0.15, 0.2) is 0 Å². The van der Waals surface area contributed by atoms with Gasteiger partial charge in [0.25, 0.3) is 5.91 Å². The first-order valence-electron chi connectivity index (χ1n) is 12.1. The molecule has 3 aliphatic rings. The second-order valence-corrected chi connectivity index (χ2v) is 10.2. The Morgan fingerprint density at radius 2 is 2.06 bits per heavy atom. The highest BCUT2D eigenvalue weighted by Crippen LogP contribution is 2.57. The van der Waals surface area contributed by atoms with Crippen LogP contribution in [0.1, 0.15) is 74.5 Å². The molecule has 2 N–H and O–H groups in total. The van der Waals surface area contributed by atoms with Crippen LogP contribution in [0.2, 0.25) is 0 Å². The zero-order valence-electron chi connectivity index (χ0n) is 18.5. The molecule has 3 saturated carbocycles. The van der Waals surface area contributed by atoms with Crippen LogP contribution in [0.3, 0.4) is 0 Å². The molecule has 31 heavy (non-hydrogen) atoms. The highest BCUT2D eigenvalue weighted by atomic mass is 16.2. The van der Waals surface area contributed by atoms with Gasteiger partial charge in [0.1, 0.15) is 11.3 Å². The molecule has 2 heterocycles. The van der Waals surface area contributed by atoms with E-state index >= 15 is 0 Å². The molecule has 4 atom stereocenters. The molecule has 6 heteroatoms. The first kappa shape index (κ1) is 20.5. The van der Waals surface area contributed by atoms with Crippen LogP contribution in [0.5, 0.6) is 0 Å². The van der Waals surface area contributed by atoms with Crippen LogP contribution < -0.4 is 10.6 Å². The van der Waals surface area contributed by atoms with Gasteiger partial charge in [0.2, 0.25) is 5.91 Å². The summed E-state index contributed by atoms with van der Waals surface area (Å²) in [5.74, 6) is 2.75. The van der Waals surface area contributed by atoms with Crippen molar-refractivity contribution in [1.29, 1.82) is 0 Å². The van der Waals surface area contributed by atoms with E-state index in [0.29, 0.717) is 30.5 Å². The number of nitrogens with zero attached hydrogens (tertiary/aromatic N) is 2. The lowest BCUT2D eigenvalue weighted by atomic mass is 9.51. The lowest BCUT2D eigenvalue weighted by molar-refractivity contribution is -0.120. The van der Waals surface area contributed by atoms with Crippen LogP contribution in [-0.4, -0.2) is 34.3 Å². The molecule has 4 unspecified atom stereocenters. The number of carbonyl (C=O) groups excluding carboxylic acids is 2. The zero-order valence-corrected chi connectivity index (χ0v) is 18.5. The van der Waals surface area contributed by atoms with E-state index in [2.05, 4.69) is 15.6 Å². The predicted octanol–water partition coefficient (Wildman–Crippen LogP) is 3.74. The third-order valence-corrected chi connectivity index (χ3v) is 8.13. The maximum Gasteiger partial charge on any atom is 0.268 e. The van der Waals surface area contributed by atoms with Gasteiger partial charge in [-0.1, -0.05) is 19.4 Å². The minimum Gasteiger partial charge on any atom is -0.356 e. The van der Waals surface area contributed by atoms with Crippen LogP contribution >= 0.6 is 0 Å². The summed E-state index contributed by atoms with van der Waals surface area (Å²) in [6.45, 7) is 3.20. The van der Waals surface area contributed by atoms with Gasteiger partial charge in [0, 0.05) is 32.1 Å². The summed E-state index contributed by atoms with van der Waals surface area (Å²) in [4.78, 5) is 29.2. The number of rotatable bonds is 7. The third kappa shape index (κ3) is 4.09. The van der Waals surface area contributed by atoms with Crippen molar-refractivity contribution < 1.29 is 9.59 Å². The fourth-order valence-electron chi connectivity index (χ4n) is 6.60. The van der Waals surface area contributed by atoms with E-state index < -0.39 is 0 Å². The summed E-state index contributed by atoms with van der Waals surface area (Å²) in [6.07, 6.45) is 12.5. The highest BCUT2D eigenvalue weighted by molar-refractivity contribution is 5.93. The number of fused-ring (bicyclic) bond motifs is 3.